The summed E-state index contributed by atoms with van der Waals surface area (Å²) < 4.78 is 5.54. The number of piperidine rings is 2. The van der Waals surface area contributed by atoms with Crippen LogP contribution >= 0.6 is 0 Å². The summed E-state index contributed by atoms with van der Waals surface area (Å²) in [5, 5.41) is 0. The number of hydrogen-bond donors (Lipinski definition) is 0. The largest absolute Gasteiger partial charge is 0.444 e. The SMILES string of the molecule is CC(C)(C)OC(=O)N1CCC[C@@H]([C@H]2CCCCN2C(=O)C2CC2)C1. The van der Waals surface area contributed by atoms with E-state index in [-0.39, 0.29) is 12.0 Å². The Bertz CT molecular complexity index is 481. The molecule has 2 amide bonds. The van der Waals surface area contributed by atoms with Gasteiger partial charge in [0.05, 0.1) is 0 Å². The predicted molar refractivity (Wildman–Crippen MR) is 92.6 cm³/mol. The lowest BCUT2D eigenvalue weighted by atomic mass is 9.84. The second-order valence-corrected chi connectivity index (χ2v) is 8.70. The van der Waals surface area contributed by atoms with Crippen LogP contribution in [0.1, 0.15) is 65.7 Å². The number of rotatable bonds is 2. The van der Waals surface area contributed by atoms with Crippen molar-refractivity contribution in [3.05, 3.63) is 0 Å². The van der Waals surface area contributed by atoms with E-state index >= 15 is 0 Å². The number of carbonyl (C=O) groups is 2. The first-order chi connectivity index (χ1) is 11.3. The Morgan fingerprint density at radius 1 is 0.958 bits per heavy atom. The van der Waals surface area contributed by atoms with E-state index in [1.54, 1.807) is 0 Å². The van der Waals surface area contributed by atoms with Crippen LogP contribution in [0.3, 0.4) is 0 Å². The Morgan fingerprint density at radius 3 is 2.38 bits per heavy atom. The van der Waals surface area contributed by atoms with E-state index in [9.17, 15) is 9.59 Å². The maximum Gasteiger partial charge on any atom is 0.410 e. The fraction of sp³-hybridized carbons (Fsp3) is 0.895. The van der Waals surface area contributed by atoms with E-state index in [1.807, 2.05) is 25.7 Å². The van der Waals surface area contributed by atoms with Crippen molar-refractivity contribution in [1.82, 2.24) is 9.80 Å². The van der Waals surface area contributed by atoms with Gasteiger partial charge >= 0.3 is 6.09 Å². The molecule has 0 radical (unpaired) electrons. The Hall–Kier alpha value is -1.26. The third-order valence-corrected chi connectivity index (χ3v) is 5.41. The van der Waals surface area contributed by atoms with E-state index in [4.69, 9.17) is 4.74 Å². The van der Waals surface area contributed by atoms with Gasteiger partial charge in [-0.2, -0.15) is 0 Å². The summed E-state index contributed by atoms with van der Waals surface area (Å²) >= 11 is 0. The molecule has 0 aromatic carbocycles. The lowest BCUT2D eigenvalue weighted by molar-refractivity contribution is -0.138. The first-order valence-electron chi connectivity index (χ1n) is 9.63. The molecule has 136 valence electrons. The molecule has 2 saturated heterocycles. The first-order valence-corrected chi connectivity index (χ1v) is 9.63. The number of carbonyl (C=O) groups excluding carboxylic acids is 2. The van der Waals surface area contributed by atoms with Gasteiger partial charge < -0.3 is 14.5 Å². The van der Waals surface area contributed by atoms with Crippen LogP contribution in [0.15, 0.2) is 0 Å². The molecule has 24 heavy (non-hydrogen) atoms. The highest BCUT2D eigenvalue weighted by Crippen LogP contribution is 2.36. The van der Waals surface area contributed by atoms with Gasteiger partial charge in [-0.05, 0) is 71.6 Å². The van der Waals surface area contributed by atoms with Crippen LogP contribution in [0.25, 0.3) is 0 Å². The predicted octanol–water partition coefficient (Wildman–Crippen LogP) is 3.42. The van der Waals surface area contributed by atoms with Crippen LogP contribution in [0.5, 0.6) is 0 Å². The first kappa shape index (κ1) is 17.6. The van der Waals surface area contributed by atoms with Crippen LogP contribution in [0.4, 0.5) is 4.79 Å². The molecule has 0 N–H and O–H groups in total. The van der Waals surface area contributed by atoms with Crippen LogP contribution in [0.2, 0.25) is 0 Å². The summed E-state index contributed by atoms with van der Waals surface area (Å²) in [5.41, 5.74) is -0.456. The summed E-state index contributed by atoms with van der Waals surface area (Å²) in [6.07, 6.45) is 7.45. The number of ether oxygens (including phenoxy) is 1. The lowest BCUT2D eigenvalue weighted by Gasteiger charge is -2.44. The summed E-state index contributed by atoms with van der Waals surface area (Å²) in [4.78, 5) is 29.0. The highest BCUT2D eigenvalue weighted by atomic mass is 16.6. The average molecular weight is 336 g/mol. The summed E-state index contributed by atoms with van der Waals surface area (Å²) in [7, 11) is 0. The third kappa shape index (κ3) is 4.22. The molecule has 5 nitrogen and oxygen atoms in total. The molecule has 2 heterocycles. The smallest absolute Gasteiger partial charge is 0.410 e. The molecular formula is C19H32N2O3. The van der Waals surface area contributed by atoms with Crippen molar-refractivity contribution < 1.29 is 14.3 Å². The molecule has 3 aliphatic rings. The molecule has 5 heteroatoms. The summed E-state index contributed by atoms with van der Waals surface area (Å²) in [6.45, 7) is 8.13. The van der Waals surface area contributed by atoms with Crippen molar-refractivity contribution >= 4 is 12.0 Å². The van der Waals surface area contributed by atoms with Crippen molar-refractivity contribution in [1.29, 1.82) is 0 Å². The molecule has 0 aromatic heterocycles. The number of amides is 2. The fourth-order valence-corrected chi connectivity index (χ4v) is 4.10. The minimum atomic E-state index is -0.456. The number of hydrogen-bond acceptors (Lipinski definition) is 3. The number of likely N-dealkylation sites (tertiary alicyclic amines) is 2. The van der Waals surface area contributed by atoms with E-state index in [0.717, 1.165) is 58.2 Å². The zero-order chi connectivity index (χ0) is 17.3. The Balaban J connectivity index is 1.64. The zero-order valence-corrected chi connectivity index (χ0v) is 15.4. The fourth-order valence-electron chi connectivity index (χ4n) is 4.10. The van der Waals surface area contributed by atoms with Gasteiger partial charge in [-0.1, -0.05) is 0 Å². The zero-order valence-electron chi connectivity index (χ0n) is 15.4. The summed E-state index contributed by atoms with van der Waals surface area (Å²) in [6, 6.07) is 0.317. The van der Waals surface area contributed by atoms with Gasteiger partial charge in [-0.15, -0.1) is 0 Å². The second-order valence-electron chi connectivity index (χ2n) is 8.70. The van der Waals surface area contributed by atoms with Gasteiger partial charge in [-0.25, -0.2) is 4.79 Å². The molecule has 3 rings (SSSR count). The monoisotopic (exact) mass is 336 g/mol. The van der Waals surface area contributed by atoms with Gasteiger partial charge in [0.2, 0.25) is 5.91 Å². The van der Waals surface area contributed by atoms with Gasteiger partial charge in [0.1, 0.15) is 5.60 Å². The average Bonchev–Trinajstić information content (AvgIpc) is 3.38. The van der Waals surface area contributed by atoms with Crippen LogP contribution < -0.4 is 0 Å². The van der Waals surface area contributed by atoms with Gasteiger partial charge in [-0.3, -0.25) is 4.79 Å². The molecule has 2 aliphatic heterocycles. The van der Waals surface area contributed by atoms with Gasteiger partial charge in [0, 0.05) is 31.6 Å². The van der Waals surface area contributed by atoms with Crippen molar-refractivity contribution in [2.45, 2.75) is 77.4 Å². The number of nitrogens with zero attached hydrogens (tertiary/aromatic N) is 2. The highest BCUT2D eigenvalue weighted by Gasteiger charge is 2.41. The van der Waals surface area contributed by atoms with E-state index in [2.05, 4.69) is 4.90 Å². The Morgan fingerprint density at radius 2 is 1.71 bits per heavy atom. The van der Waals surface area contributed by atoms with Crippen molar-refractivity contribution in [2.75, 3.05) is 19.6 Å². The highest BCUT2D eigenvalue weighted by molar-refractivity contribution is 5.81. The van der Waals surface area contributed by atoms with Crippen LogP contribution in [-0.2, 0) is 9.53 Å². The Labute approximate surface area is 145 Å². The molecule has 0 aromatic rings. The maximum atomic E-state index is 12.6. The van der Waals surface area contributed by atoms with Crippen molar-refractivity contribution in [2.24, 2.45) is 11.8 Å². The lowest BCUT2D eigenvalue weighted by Crippen LogP contribution is -2.53. The topological polar surface area (TPSA) is 49.9 Å². The van der Waals surface area contributed by atoms with E-state index in [0.29, 0.717) is 17.9 Å². The molecule has 0 unspecified atom stereocenters. The standard InChI is InChI=1S/C19H32N2O3/c1-19(2,3)24-18(23)20-11-6-7-15(13-20)16-8-4-5-12-21(16)17(22)14-9-10-14/h14-16H,4-13H2,1-3H3/t15-,16-/m1/s1. The molecule has 2 atom stereocenters. The van der Waals surface area contributed by atoms with Crippen molar-refractivity contribution in [3.63, 3.8) is 0 Å². The Kier molecular flexibility index (Phi) is 5.07. The maximum absolute atomic E-state index is 12.6. The molecular weight excluding hydrogens is 304 g/mol. The van der Waals surface area contributed by atoms with Crippen molar-refractivity contribution in [3.8, 4) is 0 Å². The molecule has 1 aliphatic carbocycles. The molecule has 3 fully saturated rings. The van der Waals surface area contributed by atoms with E-state index < -0.39 is 5.60 Å². The minimum absolute atomic E-state index is 0.205. The summed E-state index contributed by atoms with van der Waals surface area (Å²) in [5.74, 6) is 1.06. The minimum Gasteiger partial charge on any atom is -0.444 e. The van der Waals surface area contributed by atoms with E-state index in [1.165, 1.54) is 6.42 Å². The van der Waals surface area contributed by atoms with Crippen LogP contribution in [-0.4, -0.2) is 53.1 Å². The van der Waals surface area contributed by atoms with Gasteiger partial charge in [0.25, 0.3) is 0 Å². The van der Waals surface area contributed by atoms with Gasteiger partial charge in [0.15, 0.2) is 0 Å². The third-order valence-electron chi connectivity index (χ3n) is 5.41. The second kappa shape index (κ2) is 6.93. The molecule has 0 bridgehead atoms. The quantitative estimate of drug-likeness (QED) is 0.776. The molecule has 1 saturated carbocycles. The normalized spacial score (nSPS) is 28.6. The molecule has 0 spiro atoms. The van der Waals surface area contributed by atoms with Crippen LogP contribution in [0, 0.1) is 11.8 Å².